The van der Waals surface area contributed by atoms with Crippen LogP contribution in [0.25, 0.3) is 10.6 Å². The van der Waals surface area contributed by atoms with Crippen molar-refractivity contribution in [2.75, 3.05) is 0 Å². The Balaban J connectivity index is 2.44. The van der Waals surface area contributed by atoms with Gasteiger partial charge in [-0.25, -0.2) is 4.98 Å². The van der Waals surface area contributed by atoms with Gasteiger partial charge in [0.2, 0.25) is 0 Å². The molecule has 0 aliphatic heterocycles. The Morgan fingerprint density at radius 3 is 2.79 bits per heavy atom. The average molecular weight is 226 g/mol. The molecule has 0 aliphatic carbocycles. The first-order valence-corrected chi connectivity index (χ1v) is 5.37. The predicted octanol–water partition coefficient (Wildman–Crippen LogP) is 2.96. The molecule has 4 heteroatoms. The van der Waals surface area contributed by atoms with E-state index in [0.717, 1.165) is 10.6 Å². The minimum Gasteiger partial charge on any atom is -0.390 e. The highest BCUT2D eigenvalue weighted by Gasteiger charge is 2.06. The molecule has 72 valence electrons. The lowest BCUT2D eigenvalue weighted by atomic mass is 10.2. The zero-order valence-corrected chi connectivity index (χ0v) is 8.85. The molecule has 0 radical (unpaired) electrons. The highest BCUT2D eigenvalue weighted by molar-refractivity contribution is 7.13. The molecule has 1 heterocycles. The topological polar surface area (TPSA) is 33.1 Å². The Morgan fingerprint density at radius 1 is 1.36 bits per heavy atom. The summed E-state index contributed by atoms with van der Waals surface area (Å²) in [6.07, 6.45) is 0. The number of halogens is 1. The lowest BCUT2D eigenvalue weighted by molar-refractivity contribution is 0.278. The quantitative estimate of drug-likeness (QED) is 0.853. The molecule has 1 N–H and O–H groups in total. The molecule has 2 aromatic rings. The van der Waals surface area contributed by atoms with Gasteiger partial charge in [0.25, 0.3) is 0 Å². The summed E-state index contributed by atoms with van der Waals surface area (Å²) in [5.41, 5.74) is 1.60. The van der Waals surface area contributed by atoms with Gasteiger partial charge in [-0.05, 0) is 6.07 Å². The van der Waals surface area contributed by atoms with Crippen molar-refractivity contribution >= 4 is 22.9 Å². The van der Waals surface area contributed by atoms with E-state index >= 15 is 0 Å². The molecule has 0 unspecified atom stereocenters. The molecule has 0 atom stereocenters. The molecule has 0 fully saturated rings. The van der Waals surface area contributed by atoms with E-state index in [4.69, 9.17) is 16.7 Å². The minimum atomic E-state index is -0.0268. The van der Waals surface area contributed by atoms with Gasteiger partial charge in [-0.3, -0.25) is 0 Å². The molecule has 0 spiro atoms. The van der Waals surface area contributed by atoms with Crippen LogP contribution < -0.4 is 0 Å². The van der Waals surface area contributed by atoms with Crippen LogP contribution in [0.1, 0.15) is 5.69 Å². The fourth-order valence-electron chi connectivity index (χ4n) is 1.14. The number of thiazole rings is 1. The fourth-order valence-corrected chi connectivity index (χ4v) is 2.27. The van der Waals surface area contributed by atoms with Crippen LogP contribution in [0.3, 0.4) is 0 Å². The van der Waals surface area contributed by atoms with E-state index in [0.29, 0.717) is 10.7 Å². The molecule has 2 nitrogen and oxygen atoms in total. The van der Waals surface area contributed by atoms with E-state index in [1.807, 2.05) is 29.6 Å². The Bertz CT molecular complexity index is 441. The summed E-state index contributed by atoms with van der Waals surface area (Å²) < 4.78 is 0. The molecule has 0 saturated heterocycles. The standard InChI is InChI=1S/C10H8ClNOS/c11-9-4-2-1-3-8(9)10-12-7(5-13)6-14-10/h1-4,6,13H,5H2. The smallest absolute Gasteiger partial charge is 0.125 e. The van der Waals surface area contributed by atoms with Crippen molar-refractivity contribution in [2.45, 2.75) is 6.61 Å². The van der Waals surface area contributed by atoms with Gasteiger partial charge in [-0.1, -0.05) is 29.8 Å². The second-order valence-corrected chi connectivity index (χ2v) is 4.05. The Hall–Kier alpha value is -0.900. The first kappa shape index (κ1) is 9.65. The van der Waals surface area contributed by atoms with Crippen molar-refractivity contribution in [2.24, 2.45) is 0 Å². The van der Waals surface area contributed by atoms with E-state index in [-0.39, 0.29) is 6.61 Å². The summed E-state index contributed by atoms with van der Waals surface area (Å²) in [6, 6.07) is 7.55. The molecule has 14 heavy (non-hydrogen) atoms. The third kappa shape index (κ3) is 1.80. The monoisotopic (exact) mass is 225 g/mol. The summed E-state index contributed by atoms with van der Waals surface area (Å²) in [7, 11) is 0. The number of hydrogen-bond acceptors (Lipinski definition) is 3. The Labute approximate surface area is 90.8 Å². The van der Waals surface area contributed by atoms with Crippen molar-refractivity contribution in [1.29, 1.82) is 0 Å². The molecule has 0 saturated carbocycles. The van der Waals surface area contributed by atoms with Gasteiger partial charge in [0.05, 0.1) is 17.3 Å². The van der Waals surface area contributed by atoms with Crippen LogP contribution in [-0.4, -0.2) is 10.1 Å². The van der Waals surface area contributed by atoms with Crippen LogP contribution in [-0.2, 0) is 6.61 Å². The normalized spacial score (nSPS) is 10.4. The number of aliphatic hydroxyl groups is 1. The van der Waals surface area contributed by atoms with Crippen LogP contribution in [0.4, 0.5) is 0 Å². The molecule has 0 aliphatic rings. The summed E-state index contributed by atoms with van der Waals surface area (Å²) >= 11 is 7.50. The van der Waals surface area contributed by atoms with Crippen LogP contribution in [0.15, 0.2) is 29.6 Å². The van der Waals surface area contributed by atoms with Crippen molar-refractivity contribution in [1.82, 2.24) is 4.98 Å². The molecule has 0 bridgehead atoms. The number of hydrogen-bond donors (Lipinski definition) is 1. The summed E-state index contributed by atoms with van der Waals surface area (Å²) in [5, 5.41) is 12.2. The lowest BCUT2D eigenvalue weighted by Crippen LogP contribution is -1.83. The maximum atomic E-state index is 8.88. The second kappa shape index (κ2) is 4.09. The van der Waals surface area contributed by atoms with Crippen LogP contribution in [0, 0.1) is 0 Å². The minimum absolute atomic E-state index is 0.0268. The van der Waals surface area contributed by atoms with Gasteiger partial charge in [-0.15, -0.1) is 11.3 Å². The molecular weight excluding hydrogens is 218 g/mol. The van der Waals surface area contributed by atoms with E-state index in [2.05, 4.69) is 4.98 Å². The van der Waals surface area contributed by atoms with Crippen molar-refractivity contribution in [3.63, 3.8) is 0 Å². The largest absolute Gasteiger partial charge is 0.390 e. The third-order valence-electron chi connectivity index (χ3n) is 1.82. The van der Waals surface area contributed by atoms with Crippen LogP contribution >= 0.6 is 22.9 Å². The summed E-state index contributed by atoms with van der Waals surface area (Å²) in [5.74, 6) is 0. The van der Waals surface area contributed by atoms with Crippen molar-refractivity contribution < 1.29 is 5.11 Å². The number of benzene rings is 1. The summed E-state index contributed by atoms with van der Waals surface area (Å²) in [4.78, 5) is 4.24. The van der Waals surface area contributed by atoms with Gasteiger partial charge >= 0.3 is 0 Å². The Kier molecular flexibility index (Phi) is 2.82. The number of nitrogens with zero attached hydrogens (tertiary/aromatic N) is 1. The first-order chi connectivity index (χ1) is 6.81. The van der Waals surface area contributed by atoms with E-state index < -0.39 is 0 Å². The molecular formula is C10H8ClNOS. The third-order valence-corrected chi connectivity index (χ3v) is 3.07. The number of aromatic nitrogens is 1. The van der Waals surface area contributed by atoms with Crippen molar-refractivity contribution in [3.8, 4) is 10.6 Å². The lowest BCUT2D eigenvalue weighted by Gasteiger charge is -1.97. The Morgan fingerprint density at radius 2 is 2.14 bits per heavy atom. The predicted molar refractivity (Wildman–Crippen MR) is 58.5 cm³/mol. The molecule has 0 amide bonds. The van der Waals surface area contributed by atoms with E-state index in [1.54, 1.807) is 0 Å². The maximum Gasteiger partial charge on any atom is 0.125 e. The molecule has 1 aromatic heterocycles. The van der Waals surface area contributed by atoms with Crippen molar-refractivity contribution in [3.05, 3.63) is 40.4 Å². The van der Waals surface area contributed by atoms with E-state index in [9.17, 15) is 0 Å². The van der Waals surface area contributed by atoms with Gasteiger partial charge in [0.15, 0.2) is 0 Å². The van der Waals surface area contributed by atoms with E-state index in [1.165, 1.54) is 11.3 Å². The van der Waals surface area contributed by atoms with Gasteiger partial charge in [0.1, 0.15) is 5.01 Å². The second-order valence-electron chi connectivity index (χ2n) is 2.78. The van der Waals surface area contributed by atoms with Gasteiger partial charge in [-0.2, -0.15) is 0 Å². The highest BCUT2D eigenvalue weighted by Crippen LogP contribution is 2.29. The number of aliphatic hydroxyl groups excluding tert-OH is 1. The van der Waals surface area contributed by atoms with Crippen LogP contribution in [0.2, 0.25) is 5.02 Å². The fraction of sp³-hybridized carbons (Fsp3) is 0.100. The SMILES string of the molecule is OCc1csc(-c2ccccc2Cl)n1. The highest BCUT2D eigenvalue weighted by atomic mass is 35.5. The zero-order chi connectivity index (χ0) is 9.97. The molecule has 1 aromatic carbocycles. The van der Waals surface area contributed by atoms with Gasteiger partial charge in [0, 0.05) is 10.9 Å². The zero-order valence-electron chi connectivity index (χ0n) is 7.27. The number of rotatable bonds is 2. The maximum absolute atomic E-state index is 8.88. The van der Waals surface area contributed by atoms with Crippen LogP contribution in [0.5, 0.6) is 0 Å². The average Bonchev–Trinajstić information content (AvgIpc) is 2.67. The first-order valence-electron chi connectivity index (χ1n) is 4.11. The van der Waals surface area contributed by atoms with Gasteiger partial charge < -0.3 is 5.11 Å². The summed E-state index contributed by atoms with van der Waals surface area (Å²) in [6.45, 7) is -0.0268. The molecule has 2 rings (SSSR count).